The minimum Gasteiger partial charge on any atom is -0.468 e. The molecule has 0 aliphatic heterocycles. The first kappa shape index (κ1) is 14.2. The number of aromatic amines is 1. The van der Waals surface area contributed by atoms with Crippen molar-refractivity contribution in [3.05, 3.63) is 65.1 Å². The molecule has 1 aromatic carbocycles. The summed E-state index contributed by atoms with van der Waals surface area (Å²) in [5.74, 6) is 3.80. The highest BCUT2D eigenvalue weighted by Crippen LogP contribution is 2.16. The summed E-state index contributed by atoms with van der Waals surface area (Å²) in [5.41, 5.74) is 1.04. The summed E-state index contributed by atoms with van der Waals surface area (Å²) < 4.78 is 7.94. The van der Waals surface area contributed by atoms with Crippen LogP contribution in [0.3, 0.4) is 0 Å². The predicted octanol–water partition coefficient (Wildman–Crippen LogP) is 4.00. The van der Waals surface area contributed by atoms with Gasteiger partial charge in [-0.1, -0.05) is 18.2 Å². The molecule has 0 saturated carbocycles. The quantitative estimate of drug-likeness (QED) is 0.551. The van der Waals surface area contributed by atoms with E-state index in [1.165, 1.54) is 0 Å². The Kier molecular flexibility index (Phi) is 4.57. The Hall–Kier alpha value is -1.79. The lowest BCUT2D eigenvalue weighted by Crippen LogP contribution is -2.03. The average Bonchev–Trinajstić information content (AvgIpc) is 3.14. The van der Waals surface area contributed by atoms with E-state index in [1.54, 1.807) is 6.26 Å². The minimum absolute atomic E-state index is 0.632. The maximum atomic E-state index is 5.32. The number of thioether (sulfide) groups is 1. The Morgan fingerprint density at radius 1 is 1.19 bits per heavy atom. The number of hydrogen-bond donors (Lipinski definition) is 1. The molecule has 4 nitrogen and oxygen atoms in total. The zero-order valence-electron chi connectivity index (χ0n) is 11.4. The fourth-order valence-electron chi connectivity index (χ4n) is 2.07. The highest BCUT2D eigenvalue weighted by Gasteiger charge is 2.08. The molecule has 108 valence electrons. The monoisotopic (exact) mass is 317 g/mol. The first-order chi connectivity index (χ1) is 10.3. The fourth-order valence-corrected chi connectivity index (χ4v) is 3.16. The molecule has 0 amide bonds. The molecule has 0 fully saturated rings. The molecule has 0 saturated heterocycles. The van der Waals surface area contributed by atoms with Gasteiger partial charge in [0.1, 0.15) is 11.6 Å². The number of aromatic nitrogens is 3. The summed E-state index contributed by atoms with van der Waals surface area (Å²) in [6, 6.07) is 14.0. The Morgan fingerprint density at radius 3 is 2.81 bits per heavy atom. The summed E-state index contributed by atoms with van der Waals surface area (Å²) in [7, 11) is 0. The molecule has 2 heterocycles. The van der Waals surface area contributed by atoms with Gasteiger partial charge >= 0.3 is 0 Å². The van der Waals surface area contributed by atoms with Crippen LogP contribution in [0.5, 0.6) is 0 Å². The number of aryl methyl sites for hydroxylation is 1. The SMILES string of the molecule is S=c1[nH]nc(CCSCc2ccco2)n1-c1ccccc1. The third kappa shape index (κ3) is 3.46. The second-order valence-corrected chi connectivity index (χ2v) is 5.99. The van der Waals surface area contributed by atoms with Gasteiger partial charge in [-0.25, -0.2) is 0 Å². The van der Waals surface area contributed by atoms with E-state index < -0.39 is 0 Å². The second kappa shape index (κ2) is 6.78. The van der Waals surface area contributed by atoms with E-state index in [0.717, 1.165) is 35.2 Å². The number of rotatable bonds is 6. The van der Waals surface area contributed by atoms with E-state index in [2.05, 4.69) is 10.2 Å². The van der Waals surface area contributed by atoms with Crippen molar-refractivity contribution in [3.8, 4) is 5.69 Å². The van der Waals surface area contributed by atoms with Crippen LogP contribution < -0.4 is 0 Å². The third-order valence-electron chi connectivity index (χ3n) is 3.05. The van der Waals surface area contributed by atoms with Gasteiger partial charge in [-0.3, -0.25) is 9.67 Å². The topological polar surface area (TPSA) is 46.8 Å². The lowest BCUT2D eigenvalue weighted by Gasteiger charge is -2.06. The second-order valence-electron chi connectivity index (χ2n) is 4.50. The van der Waals surface area contributed by atoms with Crippen LogP contribution in [-0.2, 0) is 12.2 Å². The van der Waals surface area contributed by atoms with Crippen molar-refractivity contribution >= 4 is 24.0 Å². The molecular formula is C15H15N3OS2. The molecule has 0 bridgehead atoms. The third-order valence-corrected chi connectivity index (χ3v) is 4.31. The van der Waals surface area contributed by atoms with E-state index in [4.69, 9.17) is 16.6 Å². The van der Waals surface area contributed by atoms with E-state index in [1.807, 2.05) is 58.8 Å². The highest BCUT2D eigenvalue weighted by atomic mass is 32.2. The van der Waals surface area contributed by atoms with Crippen LogP contribution in [0, 0.1) is 4.77 Å². The normalized spacial score (nSPS) is 10.9. The van der Waals surface area contributed by atoms with Crippen LogP contribution in [0.15, 0.2) is 53.1 Å². The maximum Gasteiger partial charge on any atom is 0.199 e. The Balaban J connectivity index is 1.65. The van der Waals surface area contributed by atoms with Gasteiger partial charge in [-0.15, -0.1) is 0 Å². The summed E-state index contributed by atoms with van der Waals surface area (Å²) >= 11 is 7.15. The van der Waals surface area contributed by atoms with Gasteiger partial charge in [-0.05, 0) is 36.5 Å². The number of H-pyrrole nitrogens is 1. The fraction of sp³-hybridized carbons (Fsp3) is 0.200. The standard InChI is InChI=1S/C15H15N3OS2/c20-15-17-16-14(18(15)12-5-2-1-3-6-12)8-10-21-11-13-7-4-9-19-13/h1-7,9H,8,10-11H2,(H,17,20). The molecule has 0 atom stereocenters. The summed E-state index contributed by atoms with van der Waals surface area (Å²) in [5, 5.41) is 7.21. The van der Waals surface area contributed by atoms with Crippen molar-refractivity contribution in [2.24, 2.45) is 0 Å². The van der Waals surface area contributed by atoms with Gasteiger partial charge in [0.15, 0.2) is 4.77 Å². The molecule has 0 aliphatic rings. The smallest absolute Gasteiger partial charge is 0.199 e. The molecule has 0 aliphatic carbocycles. The molecule has 2 aromatic heterocycles. The predicted molar refractivity (Wildman–Crippen MR) is 87.3 cm³/mol. The Morgan fingerprint density at radius 2 is 2.05 bits per heavy atom. The molecule has 3 aromatic rings. The number of hydrogen-bond acceptors (Lipinski definition) is 4. The van der Waals surface area contributed by atoms with Crippen LogP contribution in [-0.4, -0.2) is 20.5 Å². The molecule has 3 rings (SSSR count). The first-order valence-corrected chi connectivity index (χ1v) is 8.23. The van der Waals surface area contributed by atoms with Crippen molar-refractivity contribution in [1.82, 2.24) is 14.8 Å². The van der Waals surface area contributed by atoms with Crippen LogP contribution >= 0.6 is 24.0 Å². The van der Waals surface area contributed by atoms with Gasteiger partial charge < -0.3 is 4.42 Å². The van der Waals surface area contributed by atoms with Crippen LogP contribution in [0.25, 0.3) is 5.69 Å². The van der Waals surface area contributed by atoms with Gasteiger partial charge in [0, 0.05) is 17.9 Å². The lowest BCUT2D eigenvalue weighted by molar-refractivity contribution is 0.530. The molecular weight excluding hydrogens is 302 g/mol. The van der Waals surface area contributed by atoms with E-state index in [9.17, 15) is 0 Å². The first-order valence-electron chi connectivity index (χ1n) is 6.66. The Bertz CT molecular complexity index is 732. The van der Waals surface area contributed by atoms with Gasteiger partial charge in [-0.2, -0.15) is 16.9 Å². The van der Waals surface area contributed by atoms with Crippen molar-refractivity contribution in [1.29, 1.82) is 0 Å². The van der Waals surface area contributed by atoms with Crippen LogP contribution in [0.2, 0.25) is 0 Å². The van der Waals surface area contributed by atoms with Crippen molar-refractivity contribution in [2.45, 2.75) is 12.2 Å². The zero-order valence-corrected chi connectivity index (χ0v) is 13.0. The Labute approximate surface area is 132 Å². The van der Waals surface area contributed by atoms with Gasteiger partial charge in [0.25, 0.3) is 0 Å². The lowest BCUT2D eigenvalue weighted by atomic mass is 10.3. The highest BCUT2D eigenvalue weighted by molar-refractivity contribution is 7.98. The molecule has 21 heavy (non-hydrogen) atoms. The molecule has 0 radical (unpaired) electrons. The number of nitrogens with one attached hydrogen (secondary N) is 1. The average molecular weight is 317 g/mol. The molecule has 0 spiro atoms. The summed E-state index contributed by atoms with van der Waals surface area (Å²) in [6.45, 7) is 0. The largest absolute Gasteiger partial charge is 0.468 e. The number of furan rings is 1. The number of para-hydroxylation sites is 1. The zero-order chi connectivity index (χ0) is 14.5. The van der Waals surface area contributed by atoms with Crippen molar-refractivity contribution in [3.63, 3.8) is 0 Å². The van der Waals surface area contributed by atoms with E-state index in [0.29, 0.717) is 4.77 Å². The van der Waals surface area contributed by atoms with Crippen molar-refractivity contribution in [2.75, 3.05) is 5.75 Å². The van der Waals surface area contributed by atoms with Crippen molar-refractivity contribution < 1.29 is 4.42 Å². The van der Waals surface area contributed by atoms with Gasteiger partial charge in [0.05, 0.1) is 12.0 Å². The summed E-state index contributed by atoms with van der Waals surface area (Å²) in [4.78, 5) is 0. The van der Waals surface area contributed by atoms with Crippen LogP contribution in [0.1, 0.15) is 11.6 Å². The molecule has 6 heteroatoms. The van der Waals surface area contributed by atoms with E-state index in [-0.39, 0.29) is 0 Å². The maximum absolute atomic E-state index is 5.32. The minimum atomic E-state index is 0.632. The number of nitrogens with zero attached hydrogens (tertiary/aromatic N) is 2. The van der Waals surface area contributed by atoms with E-state index >= 15 is 0 Å². The molecule has 0 unspecified atom stereocenters. The number of benzene rings is 1. The summed E-state index contributed by atoms with van der Waals surface area (Å²) in [6.07, 6.45) is 2.56. The molecule has 1 N–H and O–H groups in total. The van der Waals surface area contributed by atoms with Crippen LogP contribution in [0.4, 0.5) is 0 Å². The van der Waals surface area contributed by atoms with Gasteiger partial charge in [0.2, 0.25) is 0 Å².